The number of aromatic nitrogens is 2. The molecule has 0 fully saturated rings. The Labute approximate surface area is 124 Å². The van der Waals surface area contributed by atoms with Gasteiger partial charge < -0.3 is 4.98 Å². The van der Waals surface area contributed by atoms with Gasteiger partial charge in [0.15, 0.2) is 0 Å². The first-order chi connectivity index (χ1) is 9.72. The number of H-pyrrole nitrogens is 1. The molecular weight excluding hydrogens is 316 g/mol. The second kappa shape index (κ2) is 4.28. The lowest BCUT2D eigenvalue weighted by molar-refractivity contribution is -0.117. The minimum absolute atomic E-state index is 0.235. The highest BCUT2D eigenvalue weighted by Crippen LogP contribution is 2.35. The van der Waals surface area contributed by atoms with Crippen LogP contribution >= 0.6 is 15.9 Å². The van der Waals surface area contributed by atoms with Crippen molar-refractivity contribution in [3.05, 3.63) is 52.1 Å². The molecule has 0 saturated carbocycles. The Morgan fingerprint density at radius 2 is 2.10 bits per heavy atom. The number of rotatable bonds is 0. The molecule has 0 atom stereocenters. The van der Waals surface area contributed by atoms with Crippen molar-refractivity contribution in [2.45, 2.75) is 12.8 Å². The van der Waals surface area contributed by atoms with Crippen LogP contribution in [0.3, 0.4) is 0 Å². The molecule has 1 aliphatic carbocycles. The standard InChI is InChI=1S/C16H11BrN2O/c17-10-3-4-14-12(7-10)13-8-11(20)6-9-2-1-5-18-15(9)16(13)19-14/h1-5,7,19H,6,8H2. The molecule has 1 aliphatic rings. The summed E-state index contributed by atoms with van der Waals surface area (Å²) in [7, 11) is 0. The molecule has 1 aromatic carbocycles. The zero-order valence-electron chi connectivity index (χ0n) is 10.6. The summed E-state index contributed by atoms with van der Waals surface area (Å²) in [5.74, 6) is 0.235. The summed E-state index contributed by atoms with van der Waals surface area (Å²) in [4.78, 5) is 20.1. The smallest absolute Gasteiger partial charge is 0.141 e. The van der Waals surface area contributed by atoms with Gasteiger partial charge in [-0.15, -0.1) is 0 Å². The van der Waals surface area contributed by atoms with Crippen molar-refractivity contribution in [3.63, 3.8) is 0 Å². The van der Waals surface area contributed by atoms with Gasteiger partial charge in [-0.05, 0) is 35.4 Å². The van der Waals surface area contributed by atoms with Crippen molar-refractivity contribution >= 4 is 32.6 Å². The fourth-order valence-electron chi connectivity index (χ4n) is 2.88. The third-order valence-electron chi connectivity index (χ3n) is 3.76. The van der Waals surface area contributed by atoms with Crippen molar-refractivity contribution < 1.29 is 4.79 Å². The van der Waals surface area contributed by atoms with E-state index in [-0.39, 0.29) is 5.78 Å². The molecule has 0 amide bonds. The molecule has 4 rings (SSSR count). The normalized spacial score (nSPS) is 13.9. The van der Waals surface area contributed by atoms with Crippen LogP contribution in [0.4, 0.5) is 0 Å². The van der Waals surface area contributed by atoms with Gasteiger partial charge in [-0.1, -0.05) is 22.0 Å². The summed E-state index contributed by atoms with van der Waals surface area (Å²) in [6, 6.07) is 9.96. The van der Waals surface area contributed by atoms with Gasteiger partial charge >= 0.3 is 0 Å². The molecule has 3 aromatic rings. The molecule has 2 aromatic heterocycles. The van der Waals surface area contributed by atoms with Crippen LogP contribution in [0.25, 0.3) is 22.3 Å². The lowest BCUT2D eigenvalue weighted by atomic mass is 10.1. The molecule has 0 unspecified atom stereocenters. The van der Waals surface area contributed by atoms with Crippen LogP contribution in [-0.2, 0) is 17.6 Å². The summed E-state index contributed by atoms with van der Waals surface area (Å²) < 4.78 is 1.02. The molecule has 3 nitrogen and oxygen atoms in total. The Kier molecular flexibility index (Phi) is 2.54. The average molecular weight is 327 g/mol. The van der Waals surface area contributed by atoms with E-state index in [9.17, 15) is 4.79 Å². The third-order valence-corrected chi connectivity index (χ3v) is 4.25. The topological polar surface area (TPSA) is 45.8 Å². The van der Waals surface area contributed by atoms with Gasteiger partial charge in [0.25, 0.3) is 0 Å². The number of nitrogens with one attached hydrogen (secondary N) is 1. The monoisotopic (exact) mass is 326 g/mol. The number of benzene rings is 1. The van der Waals surface area contributed by atoms with Gasteiger partial charge in [-0.3, -0.25) is 9.78 Å². The Hall–Kier alpha value is -1.94. The van der Waals surface area contributed by atoms with Gasteiger partial charge in [-0.2, -0.15) is 0 Å². The Morgan fingerprint density at radius 3 is 3.00 bits per heavy atom. The lowest BCUT2D eigenvalue weighted by Gasteiger charge is -2.02. The molecule has 0 spiro atoms. The number of carbonyl (C=O) groups is 1. The van der Waals surface area contributed by atoms with Crippen LogP contribution in [0.2, 0.25) is 0 Å². The van der Waals surface area contributed by atoms with E-state index in [4.69, 9.17) is 0 Å². The van der Waals surface area contributed by atoms with Crippen LogP contribution in [0, 0.1) is 0 Å². The summed E-state index contributed by atoms with van der Waals surface area (Å²) in [5, 5.41) is 1.10. The van der Waals surface area contributed by atoms with Crippen molar-refractivity contribution in [2.24, 2.45) is 0 Å². The predicted octanol–water partition coefficient (Wildman–Crippen LogP) is 3.66. The van der Waals surface area contributed by atoms with E-state index in [2.05, 4.69) is 32.0 Å². The molecule has 2 heterocycles. The third kappa shape index (κ3) is 1.72. The van der Waals surface area contributed by atoms with Crippen LogP contribution in [0.15, 0.2) is 41.0 Å². The fraction of sp³-hybridized carbons (Fsp3) is 0.125. The predicted molar refractivity (Wildman–Crippen MR) is 81.6 cm³/mol. The Morgan fingerprint density at radius 1 is 1.20 bits per heavy atom. The molecule has 98 valence electrons. The highest BCUT2D eigenvalue weighted by Gasteiger charge is 2.23. The first-order valence-corrected chi connectivity index (χ1v) is 7.28. The van der Waals surface area contributed by atoms with Crippen LogP contribution in [-0.4, -0.2) is 15.8 Å². The van der Waals surface area contributed by atoms with E-state index in [1.807, 2.05) is 24.3 Å². The molecule has 0 saturated heterocycles. The number of nitrogens with zero attached hydrogens (tertiary/aromatic N) is 1. The number of Topliss-reactive ketones (excluding diaryl/α,β-unsaturated/α-hetero) is 1. The number of aromatic amines is 1. The molecule has 0 bridgehead atoms. The van der Waals surface area contributed by atoms with Crippen molar-refractivity contribution in [1.82, 2.24) is 9.97 Å². The lowest BCUT2D eigenvalue weighted by Crippen LogP contribution is -2.04. The van der Waals surface area contributed by atoms with Crippen molar-refractivity contribution in [3.8, 4) is 11.4 Å². The molecule has 20 heavy (non-hydrogen) atoms. The van der Waals surface area contributed by atoms with Crippen LogP contribution in [0.1, 0.15) is 11.1 Å². The van der Waals surface area contributed by atoms with Crippen LogP contribution < -0.4 is 0 Å². The van der Waals surface area contributed by atoms with Crippen molar-refractivity contribution in [2.75, 3.05) is 0 Å². The zero-order valence-corrected chi connectivity index (χ0v) is 12.2. The Balaban J connectivity index is 2.10. The number of fused-ring (bicyclic) bond motifs is 5. The molecular formula is C16H11BrN2O. The Bertz CT molecular complexity index is 851. The minimum atomic E-state index is 0.235. The minimum Gasteiger partial charge on any atom is -0.353 e. The number of carbonyl (C=O) groups excluding carboxylic acids is 1. The summed E-state index contributed by atoms with van der Waals surface area (Å²) in [6.07, 6.45) is 2.70. The van der Waals surface area contributed by atoms with Crippen molar-refractivity contribution in [1.29, 1.82) is 0 Å². The SMILES string of the molecule is O=C1Cc2cccnc2-c2[nH]c3ccc(Br)cc3c2C1. The number of hydrogen-bond donors (Lipinski definition) is 1. The molecule has 4 heteroatoms. The molecule has 1 N–H and O–H groups in total. The highest BCUT2D eigenvalue weighted by atomic mass is 79.9. The van der Waals surface area contributed by atoms with E-state index in [0.717, 1.165) is 37.9 Å². The van der Waals surface area contributed by atoms with Gasteiger partial charge in [0.05, 0.1) is 11.4 Å². The van der Waals surface area contributed by atoms with E-state index >= 15 is 0 Å². The highest BCUT2D eigenvalue weighted by molar-refractivity contribution is 9.10. The van der Waals surface area contributed by atoms with E-state index in [0.29, 0.717) is 12.8 Å². The average Bonchev–Trinajstić information content (AvgIpc) is 2.70. The molecule has 0 radical (unpaired) electrons. The van der Waals surface area contributed by atoms with Gasteiger partial charge in [0.1, 0.15) is 5.78 Å². The van der Waals surface area contributed by atoms with E-state index in [1.54, 1.807) is 6.20 Å². The largest absolute Gasteiger partial charge is 0.353 e. The molecule has 0 aliphatic heterocycles. The van der Waals surface area contributed by atoms with Gasteiger partial charge in [0.2, 0.25) is 0 Å². The fourth-order valence-corrected chi connectivity index (χ4v) is 3.25. The summed E-state index contributed by atoms with van der Waals surface area (Å²) >= 11 is 3.50. The second-order valence-electron chi connectivity index (χ2n) is 5.07. The van der Waals surface area contributed by atoms with E-state index < -0.39 is 0 Å². The quantitative estimate of drug-likeness (QED) is 0.685. The van der Waals surface area contributed by atoms with Gasteiger partial charge in [0, 0.05) is 34.4 Å². The van der Waals surface area contributed by atoms with E-state index in [1.165, 1.54) is 0 Å². The zero-order chi connectivity index (χ0) is 13.7. The number of halogens is 1. The maximum atomic E-state index is 12.2. The first-order valence-electron chi connectivity index (χ1n) is 6.48. The number of ketones is 1. The second-order valence-corrected chi connectivity index (χ2v) is 5.99. The summed E-state index contributed by atoms with van der Waals surface area (Å²) in [6.45, 7) is 0. The van der Waals surface area contributed by atoms with Crippen LogP contribution in [0.5, 0.6) is 0 Å². The first kappa shape index (κ1) is 11.9. The number of pyridine rings is 1. The maximum absolute atomic E-state index is 12.2. The van der Waals surface area contributed by atoms with Gasteiger partial charge in [-0.25, -0.2) is 0 Å². The maximum Gasteiger partial charge on any atom is 0.141 e. The summed E-state index contributed by atoms with van der Waals surface area (Å²) in [5.41, 5.74) is 5.00. The number of hydrogen-bond acceptors (Lipinski definition) is 2.